The van der Waals surface area contributed by atoms with E-state index in [0.29, 0.717) is 47.0 Å². The Bertz CT molecular complexity index is 1030. The minimum absolute atomic E-state index is 0.0490. The lowest BCUT2D eigenvalue weighted by molar-refractivity contribution is -0.280. The first-order valence-corrected chi connectivity index (χ1v) is 16.6. The van der Waals surface area contributed by atoms with Gasteiger partial charge in [-0.05, 0) is 91.8 Å². The third-order valence-electron chi connectivity index (χ3n) is 13.6. The van der Waals surface area contributed by atoms with Gasteiger partial charge in [0.15, 0.2) is 12.1 Å². The molecule has 232 valence electrons. The van der Waals surface area contributed by atoms with Crippen LogP contribution in [0, 0.1) is 46.3 Å². The maximum absolute atomic E-state index is 10.4. The van der Waals surface area contributed by atoms with Gasteiger partial charge in [0.2, 0.25) is 0 Å². The molecular formula is C33H53NO7. The first kappa shape index (κ1) is 29.1. The Morgan fingerprint density at radius 1 is 1.05 bits per heavy atom. The van der Waals surface area contributed by atoms with E-state index in [4.69, 9.17) is 24.7 Å². The SMILES string of the molecule is C[C@@H]1CC[C@@]2(OC1)O[C@H]1C[C@H]3[C@@H]4CC=C5C[C@@H](O[C@@H]6O[C@H](CO)[C@@H](O)[C@H](O)[C@H]6N)CC[C@]5(C)[C@H]4CC[C@]3(C)[C@H]1[C@@H]2C. The van der Waals surface area contributed by atoms with Gasteiger partial charge in [-0.25, -0.2) is 0 Å². The van der Waals surface area contributed by atoms with Gasteiger partial charge in [-0.15, -0.1) is 0 Å². The van der Waals surface area contributed by atoms with Crippen LogP contribution in [0.1, 0.15) is 85.5 Å². The summed E-state index contributed by atoms with van der Waals surface area (Å²) < 4.78 is 25.6. The molecule has 3 saturated carbocycles. The fourth-order valence-corrected chi connectivity index (χ4v) is 11.2. The molecule has 0 aromatic heterocycles. The molecule has 8 nitrogen and oxygen atoms in total. The van der Waals surface area contributed by atoms with E-state index in [1.54, 1.807) is 0 Å². The van der Waals surface area contributed by atoms with Crippen LogP contribution in [0.2, 0.25) is 0 Å². The Hall–Kier alpha value is -0.580. The van der Waals surface area contributed by atoms with E-state index in [-0.39, 0.29) is 23.9 Å². The first-order valence-electron chi connectivity index (χ1n) is 16.6. The lowest BCUT2D eigenvalue weighted by Crippen LogP contribution is -2.63. The number of allylic oxidation sites excluding steroid dienone is 1. The zero-order chi connectivity index (χ0) is 28.9. The minimum Gasteiger partial charge on any atom is -0.394 e. The zero-order valence-corrected chi connectivity index (χ0v) is 25.4. The molecule has 16 atom stereocenters. The molecule has 1 spiro atoms. The molecular weight excluding hydrogens is 522 g/mol. The van der Waals surface area contributed by atoms with E-state index in [0.717, 1.165) is 38.7 Å². The number of fused-ring (bicyclic) bond motifs is 7. The predicted molar refractivity (Wildman–Crippen MR) is 152 cm³/mol. The smallest absolute Gasteiger partial charge is 0.176 e. The Balaban J connectivity index is 1.05. The Kier molecular flexibility index (Phi) is 7.27. The maximum atomic E-state index is 10.4. The van der Waals surface area contributed by atoms with Crippen molar-refractivity contribution in [3.05, 3.63) is 11.6 Å². The highest BCUT2D eigenvalue weighted by molar-refractivity contribution is 5.26. The van der Waals surface area contributed by atoms with E-state index in [1.165, 1.54) is 31.3 Å². The highest BCUT2D eigenvalue weighted by Gasteiger charge is 2.68. The van der Waals surface area contributed by atoms with Crippen LogP contribution in [0.3, 0.4) is 0 Å². The number of aliphatic hydroxyl groups is 3. The molecule has 0 amide bonds. The molecule has 7 rings (SSSR count). The summed E-state index contributed by atoms with van der Waals surface area (Å²) in [6, 6.07) is -0.852. The van der Waals surface area contributed by atoms with Gasteiger partial charge in [0.05, 0.1) is 31.5 Å². The van der Waals surface area contributed by atoms with Crippen LogP contribution < -0.4 is 5.73 Å². The van der Waals surface area contributed by atoms with Crippen LogP contribution in [0.15, 0.2) is 11.6 Å². The van der Waals surface area contributed by atoms with E-state index in [2.05, 4.69) is 33.8 Å². The molecule has 3 saturated heterocycles. The van der Waals surface area contributed by atoms with Crippen molar-refractivity contribution in [3.63, 3.8) is 0 Å². The summed E-state index contributed by atoms with van der Waals surface area (Å²) in [5.41, 5.74) is 8.18. The molecule has 7 aliphatic rings. The van der Waals surface area contributed by atoms with Gasteiger partial charge in [0.1, 0.15) is 18.3 Å². The number of rotatable bonds is 3. The van der Waals surface area contributed by atoms with Crippen molar-refractivity contribution in [2.45, 2.75) is 134 Å². The molecule has 3 heterocycles. The van der Waals surface area contributed by atoms with Crippen molar-refractivity contribution in [1.29, 1.82) is 0 Å². The lowest BCUT2D eigenvalue weighted by atomic mass is 9.47. The Morgan fingerprint density at radius 2 is 1.85 bits per heavy atom. The van der Waals surface area contributed by atoms with Crippen molar-refractivity contribution < 1.29 is 34.3 Å². The van der Waals surface area contributed by atoms with Crippen LogP contribution >= 0.6 is 0 Å². The Morgan fingerprint density at radius 3 is 2.59 bits per heavy atom. The summed E-state index contributed by atoms with van der Waals surface area (Å²) in [6.45, 7) is 10.2. The van der Waals surface area contributed by atoms with E-state index >= 15 is 0 Å². The molecule has 0 radical (unpaired) electrons. The largest absolute Gasteiger partial charge is 0.394 e. The lowest BCUT2D eigenvalue weighted by Gasteiger charge is -2.58. The molecule has 0 aromatic carbocycles. The molecule has 3 aliphatic heterocycles. The number of ether oxygens (including phenoxy) is 4. The fraction of sp³-hybridized carbons (Fsp3) is 0.939. The monoisotopic (exact) mass is 575 g/mol. The Labute approximate surface area is 245 Å². The number of hydrogen-bond acceptors (Lipinski definition) is 8. The van der Waals surface area contributed by atoms with Crippen molar-refractivity contribution in [3.8, 4) is 0 Å². The topological polar surface area (TPSA) is 124 Å². The predicted octanol–water partition coefficient (Wildman–Crippen LogP) is 3.50. The van der Waals surface area contributed by atoms with Crippen molar-refractivity contribution in [2.75, 3.05) is 13.2 Å². The second-order valence-electron chi connectivity index (χ2n) is 15.6. The average Bonchev–Trinajstić information content (AvgIpc) is 3.40. The van der Waals surface area contributed by atoms with Gasteiger partial charge in [-0.3, -0.25) is 0 Å². The average molecular weight is 576 g/mol. The molecule has 0 aromatic rings. The summed E-state index contributed by atoms with van der Waals surface area (Å²) in [5, 5.41) is 30.1. The highest BCUT2D eigenvalue weighted by Crippen LogP contribution is 2.70. The number of hydrogen-bond donors (Lipinski definition) is 4. The normalized spacial score (nSPS) is 58.3. The summed E-state index contributed by atoms with van der Waals surface area (Å²) in [5.74, 6) is 3.38. The molecule has 4 aliphatic carbocycles. The fourth-order valence-electron chi connectivity index (χ4n) is 11.2. The van der Waals surface area contributed by atoms with Gasteiger partial charge in [0.25, 0.3) is 0 Å². The second-order valence-corrected chi connectivity index (χ2v) is 15.6. The van der Waals surface area contributed by atoms with E-state index in [1.807, 2.05) is 0 Å². The van der Waals surface area contributed by atoms with Crippen molar-refractivity contribution in [1.82, 2.24) is 0 Å². The maximum Gasteiger partial charge on any atom is 0.176 e. The molecule has 6 fully saturated rings. The summed E-state index contributed by atoms with van der Waals surface area (Å²) >= 11 is 0. The van der Waals surface area contributed by atoms with Crippen molar-refractivity contribution in [2.24, 2.45) is 52.1 Å². The number of nitrogens with two attached hydrogens (primary N) is 1. The first-order chi connectivity index (χ1) is 19.5. The zero-order valence-electron chi connectivity index (χ0n) is 25.4. The third-order valence-corrected chi connectivity index (χ3v) is 13.6. The van der Waals surface area contributed by atoms with Gasteiger partial charge in [-0.2, -0.15) is 0 Å². The second kappa shape index (κ2) is 10.2. The quantitative estimate of drug-likeness (QED) is 0.377. The van der Waals surface area contributed by atoms with Crippen LogP contribution in [-0.4, -0.2) is 77.2 Å². The van der Waals surface area contributed by atoms with Gasteiger partial charge < -0.3 is 40.0 Å². The number of aliphatic hydroxyl groups excluding tert-OH is 3. The van der Waals surface area contributed by atoms with Gasteiger partial charge >= 0.3 is 0 Å². The molecule has 0 unspecified atom stereocenters. The van der Waals surface area contributed by atoms with Crippen LogP contribution in [-0.2, 0) is 18.9 Å². The molecule has 5 N–H and O–H groups in total. The third kappa shape index (κ3) is 4.29. The summed E-state index contributed by atoms with van der Waals surface area (Å²) in [7, 11) is 0. The summed E-state index contributed by atoms with van der Waals surface area (Å²) in [6.07, 6.45) is 8.60. The molecule has 41 heavy (non-hydrogen) atoms. The molecule has 0 bridgehead atoms. The van der Waals surface area contributed by atoms with Crippen LogP contribution in [0.25, 0.3) is 0 Å². The highest BCUT2D eigenvalue weighted by atomic mass is 16.7. The van der Waals surface area contributed by atoms with Gasteiger partial charge in [0, 0.05) is 12.3 Å². The van der Waals surface area contributed by atoms with Crippen molar-refractivity contribution >= 4 is 0 Å². The van der Waals surface area contributed by atoms with Crippen LogP contribution in [0.4, 0.5) is 0 Å². The van der Waals surface area contributed by atoms with Gasteiger partial charge in [-0.1, -0.05) is 39.3 Å². The minimum atomic E-state index is -1.22. The summed E-state index contributed by atoms with van der Waals surface area (Å²) in [4.78, 5) is 0. The van der Waals surface area contributed by atoms with E-state index < -0.39 is 30.6 Å². The van der Waals surface area contributed by atoms with Crippen LogP contribution in [0.5, 0.6) is 0 Å². The van der Waals surface area contributed by atoms with E-state index in [9.17, 15) is 15.3 Å². The standard InChI is InChI=1S/C33H53NO7/c1-17-7-12-33(38-16-17)18(2)26-24(41-33)14-23-21-6-5-19-13-20(8-10-31(19,3)22(21)9-11-32(23,26)4)39-30-27(34)29(37)28(36)25(15-35)40-30/h5,17-18,20-30,35-37H,6-16,34H2,1-4H3/t17-,18+,20+,21-,22+,23+,24+,25-,26+,27-,28-,29-,30-,31+,32+,33-/m1/s1. The molecule has 8 heteroatoms.